The van der Waals surface area contributed by atoms with E-state index in [1.165, 1.54) is 6.07 Å². The monoisotopic (exact) mass is 1110 g/mol. The summed E-state index contributed by atoms with van der Waals surface area (Å²) in [7, 11) is 0. The molecule has 12 aromatic rings. The van der Waals surface area contributed by atoms with Crippen LogP contribution in [-0.4, -0.2) is 4.57 Å². The van der Waals surface area contributed by atoms with Crippen molar-refractivity contribution in [2.45, 2.75) is 52.4 Å². The molecule has 0 saturated carbocycles. The third kappa shape index (κ3) is 10.1. The molecule has 0 radical (unpaired) electrons. The lowest BCUT2D eigenvalue weighted by Crippen LogP contribution is -2.18. The van der Waals surface area contributed by atoms with Crippen molar-refractivity contribution < 1.29 is 6.85 Å². The van der Waals surface area contributed by atoms with Gasteiger partial charge >= 0.3 is 0 Å². The van der Waals surface area contributed by atoms with Crippen LogP contribution >= 0.6 is 27.5 Å². The fourth-order valence-corrected chi connectivity index (χ4v) is 11.4. The average Bonchev–Trinajstić information content (AvgIpc) is 1.25. The second-order valence-electron chi connectivity index (χ2n) is 22.1. The summed E-state index contributed by atoms with van der Waals surface area (Å²) in [5.41, 5.74) is 14.9. The van der Waals surface area contributed by atoms with Crippen LogP contribution in [0.15, 0.2) is 265 Å². The van der Waals surface area contributed by atoms with Crippen LogP contribution in [0.5, 0.6) is 0 Å². The van der Waals surface area contributed by atoms with Crippen LogP contribution in [0.25, 0.3) is 72.0 Å². The Bertz CT molecular complexity index is 4340. The molecule has 5 heteroatoms. The Labute approximate surface area is 485 Å². The van der Waals surface area contributed by atoms with E-state index < -0.39 is 0 Å². The maximum Gasteiger partial charge on any atom is 0.0661 e. The van der Waals surface area contributed by atoms with Gasteiger partial charge < -0.3 is 14.4 Å². The minimum Gasteiger partial charge on any atom is -0.309 e. The molecule has 0 bridgehead atoms. The Balaban J connectivity index is 1.27. The molecule has 0 spiro atoms. The number of aromatic nitrogens is 1. The van der Waals surface area contributed by atoms with Crippen molar-refractivity contribution >= 4 is 83.5 Å². The first-order valence-electron chi connectivity index (χ1n) is 29.2. The van der Waals surface area contributed by atoms with Crippen LogP contribution in [0.3, 0.4) is 0 Å². The van der Waals surface area contributed by atoms with Crippen molar-refractivity contribution in [1.82, 2.24) is 4.57 Å². The number of para-hydroxylation sites is 2. The Kier molecular flexibility index (Phi) is 12.2. The number of hydrogen-bond donors (Lipinski definition) is 0. The zero-order valence-electron chi connectivity index (χ0n) is 50.0. The summed E-state index contributed by atoms with van der Waals surface area (Å²) >= 11 is 11.0. The van der Waals surface area contributed by atoms with E-state index >= 15 is 0 Å². The zero-order valence-corrected chi connectivity index (χ0v) is 47.4. The predicted molar refractivity (Wildman–Crippen MR) is 342 cm³/mol. The molecule has 386 valence electrons. The maximum atomic E-state index is 10.6. The number of hydrogen-bond acceptors (Lipinski definition) is 2. The van der Waals surface area contributed by atoms with E-state index in [0.29, 0.717) is 17.1 Å². The molecule has 0 unspecified atom stereocenters. The zero-order chi connectivity index (χ0) is 58.8. The lowest BCUT2D eigenvalue weighted by molar-refractivity contribution is 0.590. The van der Waals surface area contributed by atoms with Gasteiger partial charge in [-0.3, -0.25) is 0 Å². The molecule has 0 aliphatic heterocycles. The molecule has 11 aromatic carbocycles. The van der Waals surface area contributed by atoms with Gasteiger partial charge in [0.1, 0.15) is 0 Å². The number of benzene rings is 11. The Morgan fingerprint density at radius 1 is 0.405 bits per heavy atom. The molecule has 0 amide bonds. The Hall–Kier alpha value is -8.41. The minimum atomic E-state index is -0.324. The summed E-state index contributed by atoms with van der Waals surface area (Å²) in [5, 5.41) is 1.86. The van der Waals surface area contributed by atoms with Gasteiger partial charge in [-0.25, -0.2) is 0 Å². The summed E-state index contributed by atoms with van der Waals surface area (Å²) in [6.45, 7) is 13.3. The van der Waals surface area contributed by atoms with Crippen molar-refractivity contribution in [2.75, 3.05) is 9.80 Å². The van der Waals surface area contributed by atoms with Gasteiger partial charge in [0.05, 0.1) is 29.3 Å². The van der Waals surface area contributed by atoms with Gasteiger partial charge in [0, 0.05) is 71.0 Å². The second kappa shape index (κ2) is 21.1. The number of nitrogens with zero attached hydrogens (tertiary/aromatic N) is 3. The van der Waals surface area contributed by atoms with Crippen molar-refractivity contribution in [3.63, 3.8) is 0 Å². The summed E-state index contributed by atoms with van der Waals surface area (Å²) in [4.78, 5) is 4.07. The normalized spacial score (nSPS) is 12.7. The van der Waals surface area contributed by atoms with Gasteiger partial charge in [-0.1, -0.05) is 233 Å². The number of halogens is 2. The molecular formula is C74H61BrClN3. The number of rotatable bonds is 11. The topological polar surface area (TPSA) is 11.4 Å². The average molecular weight is 1110 g/mol. The highest BCUT2D eigenvalue weighted by atomic mass is 79.9. The molecule has 0 aliphatic carbocycles. The van der Waals surface area contributed by atoms with E-state index in [1.807, 2.05) is 65.6 Å². The molecule has 0 N–H and O–H groups in total. The fourth-order valence-electron chi connectivity index (χ4n) is 10.8. The third-order valence-electron chi connectivity index (χ3n) is 14.8. The van der Waals surface area contributed by atoms with Gasteiger partial charge in [-0.15, -0.1) is 0 Å². The summed E-state index contributed by atoms with van der Waals surface area (Å²) in [6.07, 6.45) is 0. The quantitative estimate of drug-likeness (QED) is 0.128. The van der Waals surface area contributed by atoms with E-state index in [4.69, 9.17) is 13.0 Å². The van der Waals surface area contributed by atoms with Gasteiger partial charge in [-0.05, 0) is 141 Å². The van der Waals surface area contributed by atoms with Gasteiger partial charge in [0.25, 0.3) is 0 Å². The van der Waals surface area contributed by atoms with Gasteiger partial charge in [0.2, 0.25) is 0 Å². The summed E-state index contributed by atoms with van der Waals surface area (Å²) in [5.74, 6) is 0. The maximum absolute atomic E-state index is 10.6. The van der Waals surface area contributed by atoms with Gasteiger partial charge in [0.15, 0.2) is 0 Å². The molecule has 79 heavy (non-hydrogen) atoms. The van der Waals surface area contributed by atoms with E-state index in [0.717, 1.165) is 94.5 Å². The molecule has 0 aliphatic rings. The van der Waals surface area contributed by atoms with Crippen molar-refractivity contribution in [1.29, 1.82) is 0 Å². The first-order valence-corrected chi connectivity index (χ1v) is 27.9. The molecule has 0 fully saturated rings. The van der Waals surface area contributed by atoms with Crippen LogP contribution < -0.4 is 9.80 Å². The highest BCUT2D eigenvalue weighted by molar-refractivity contribution is 9.10. The van der Waals surface area contributed by atoms with Crippen LogP contribution in [0.1, 0.15) is 59.5 Å². The minimum absolute atomic E-state index is 0.0327. The van der Waals surface area contributed by atoms with E-state index in [1.54, 1.807) is 0 Å². The van der Waals surface area contributed by atoms with Crippen molar-refractivity contribution in [2.24, 2.45) is 0 Å². The van der Waals surface area contributed by atoms with Crippen molar-refractivity contribution in [3.05, 3.63) is 281 Å². The standard InChI is InChI=1S/C74H61BrClN3/c1-73(2,3)54-41-64(50-25-12-7-13-26-50)71(65(42-54)51-27-14-8-15-28-51)77(59-36-24-33-57(76)47-59)61-45-56(75)46-62(48-61)78(60-39-40-70-68(49-60)63-37-22-23-38-69(63)79(70)58-34-20-11-21-35-58)72-66(52-29-16-9-17-30-52)43-55(74(4,5)6)44-67(72)53-31-18-10-19-32-53/h7-49H,1-6H3/i24D,33D,45D,46D,47D. The van der Waals surface area contributed by atoms with Crippen LogP contribution in [0, 0.1) is 0 Å². The van der Waals surface area contributed by atoms with Crippen LogP contribution in [-0.2, 0) is 10.8 Å². The molecule has 1 heterocycles. The summed E-state index contributed by atoms with van der Waals surface area (Å²) in [6, 6.07) is 78.2. The number of anilines is 6. The van der Waals surface area contributed by atoms with E-state index in [-0.39, 0.29) is 56.2 Å². The summed E-state index contributed by atoms with van der Waals surface area (Å²) < 4.78 is 51.7. The van der Waals surface area contributed by atoms with Crippen molar-refractivity contribution in [3.8, 4) is 50.2 Å². The Morgan fingerprint density at radius 2 is 0.810 bits per heavy atom. The predicted octanol–water partition coefficient (Wildman–Crippen LogP) is 22.4. The van der Waals surface area contributed by atoms with Gasteiger partial charge in [-0.2, -0.15) is 0 Å². The number of fused-ring (bicyclic) bond motifs is 3. The van der Waals surface area contributed by atoms with E-state index in [2.05, 4.69) is 231 Å². The lowest BCUT2D eigenvalue weighted by atomic mass is 9.81. The smallest absolute Gasteiger partial charge is 0.0661 e. The molecular weight excluding hydrogens is 1050 g/mol. The lowest BCUT2D eigenvalue weighted by Gasteiger charge is -2.35. The first kappa shape index (κ1) is 45.6. The molecule has 1 aromatic heterocycles. The van der Waals surface area contributed by atoms with Crippen LogP contribution in [0.2, 0.25) is 5.02 Å². The fraction of sp³-hybridized carbons (Fsp3) is 0.108. The molecule has 0 atom stereocenters. The molecule has 12 rings (SSSR count). The Morgan fingerprint density at radius 3 is 1.27 bits per heavy atom. The highest BCUT2D eigenvalue weighted by Crippen LogP contribution is 2.54. The second-order valence-corrected chi connectivity index (χ2v) is 23.3. The molecule has 3 nitrogen and oxygen atoms in total. The van der Waals surface area contributed by atoms with Crippen LogP contribution in [0.4, 0.5) is 34.1 Å². The highest BCUT2D eigenvalue weighted by Gasteiger charge is 2.30. The largest absolute Gasteiger partial charge is 0.309 e. The SMILES string of the molecule is [2H]c1cc(N(c2cc(N(c3ccc4c(c3)c3ccccc3n4-c3ccccc3)c3c(-c4ccccc4)cc(C(C)(C)C)cc3-c3ccccc3)c([2H])c(Br)c2[2H])c2c(-c3ccccc3)cc(C(C)(C)C)cc2-c2ccccc2)c([2H])c(Cl)c1[2H]. The third-order valence-corrected chi connectivity index (χ3v) is 15.4. The molecule has 0 saturated heterocycles. The first-order chi connectivity index (χ1) is 40.4. The van der Waals surface area contributed by atoms with E-state index in [9.17, 15) is 5.48 Å².